The third-order valence-electron chi connectivity index (χ3n) is 4.62. The van der Waals surface area contributed by atoms with Crippen molar-refractivity contribution in [3.8, 4) is 11.8 Å². The van der Waals surface area contributed by atoms with Crippen molar-refractivity contribution in [2.45, 2.75) is 12.7 Å². The first-order valence-electron chi connectivity index (χ1n) is 10.0. The minimum atomic E-state index is -4.54. The molecule has 0 unspecified atom stereocenters. The number of carbonyl (C=O) groups is 1. The molecule has 174 valence electrons. The van der Waals surface area contributed by atoms with E-state index < -0.39 is 17.8 Å². The molecule has 0 saturated heterocycles. The van der Waals surface area contributed by atoms with Crippen LogP contribution in [-0.2, 0) is 12.7 Å². The van der Waals surface area contributed by atoms with Crippen LogP contribution in [0.5, 0.6) is 0 Å². The van der Waals surface area contributed by atoms with E-state index in [1.807, 2.05) is 12.1 Å². The maximum absolute atomic E-state index is 13.4. The SMILES string of the molecule is CN(C)Cc1ccc(NC(=O)Nc2ncc(C#Cc3cnc4[nH]ccc4c3)s2)cc1C(F)(F)F. The molecule has 4 rings (SSSR count). The number of alkyl halides is 3. The molecule has 3 heterocycles. The summed E-state index contributed by atoms with van der Waals surface area (Å²) in [4.78, 5) is 25.9. The number of hydrogen-bond donors (Lipinski definition) is 3. The summed E-state index contributed by atoms with van der Waals surface area (Å²) in [7, 11) is 3.37. The molecule has 4 aromatic rings. The van der Waals surface area contributed by atoms with E-state index in [0.29, 0.717) is 4.88 Å². The van der Waals surface area contributed by atoms with Gasteiger partial charge in [-0.05, 0) is 49.8 Å². The van der Waals surface area contributed by atoms with Gasteiger partial charge in [-0.25, -0.2) is 14.8 Å². The molecule has 0 aliphatic rings. The lowest BCUT2D eigenvalue weighted by Gasteiger charge is -2.17. The first kappa shape index (κ1) is 23.3. The minimum Gasteiger partial charge on any atom is -0.346 e. The lowest BCUT2D eigenvalue weighted by molar-refractivity contribution is -0.138. The van der Waals surface area contributed by atoms with Crippen LogP contribution in [0.15, 0.2) is 48.9 Å². The molecule has 0 spiro atoms. The number of carbonyl (C=O) groups excluding carboxylic acids is 1. The molecule has 11 heteroatoms. The highest BCUT2D eigenvalue weighted by Crippen LogP contribution is 2.34. The normalized spacial score (nSPS) is 11.4. The number of thiazole rings is 1. The number of aromatic amines is 1. The average Bonchev–Trinajstić information content (AvgIpc) is 3.41. The number of nitrogens with zero attached hydrogens (tertiary/aromatic N) is 3. The van der Waals surface area contributed by atoms with Gasteiger partial charge in [-0.1, -0.05) is 23.3 Å². The van der Waals surface area contributed by atoms with Crippen LogP contribution in [0.4, 0.5) is 28.8 Å². The molecule has 34 heavy (non-hydrogen) atoms. The van der Waals surface area contributed by atoms with Crippen LogP contribution in [-0.4, -0.2) is 40.0 Å². The lowest BCUT2D eigenvalue weighted by atomic mass is 10.1. The second-order valence-electron chi connectivity index (χ2n) is 7.61. The molecule has 7 nitrogen and oxygen atoms in total. The molecule has 0 bridgehead atoms. The Balaban J connectivity index is 1.42. The van der Waals surface area contributed by atoms with E-state index in [2.05, 4.69) is 37.4 Å². The molecule has 2 amide bonds. The number of hydrogen-bond acceptors (Lipinski definition) is 5. The number of halogens is 3. The quantitative estimate of drug-likeness (QED) is 0.350. The minimum absolute atomic E-state index is 0.0246. The molecular weight excluding hydrogens is 465 g/mol. The van der Waals surface area contributed by atoms with Crippen LogP contribution in [0.1, 0.15) is 21.6 Å². The van der Waals surface area contributed by atoms with Crippen molar-refractivity contribution in [2.24, 2.45) is 0 Å². The Hall–Kier alpha value is -3.88. The highest BCUT2D eigenvalue weighted by molar-refractivity contribution is 7.16. The van der Waals surface area contributed by atoms with Crippen molar-refractivity contribution < 1.29 is 18.0 Å². The van der Waals surface area contributed by atoms with E-state index >= 15 is 0 Å². The third kappa shape index (κ3) is 5.72. The molecule has 0 aliphatic carbocycles. The third-order valence-corrected chi connectivity index (χ3v) is 5.44. The van der Waals surface area contributed by atoms with Gasteiger partial charge in [-0.15, -0.1) is 0 Å². The van der Waals surface area contributed by atoms with E-state index in [-0.39, 0.29) is 22.9 Å². The van der Waals surface area contributed by atoms with Gasteiger partial charge in [0.1, 0.15) is 5.65 Å². The van der Waals surface area contributed by atoms with E-state index in [4.69, 9.17) is 0 Å². The molecule has 3 aromatic heterocycles. The summed E-state index contributed by atoms with van der Waals surface area (Å²) in [5.41, 5.74) is 0.855. The Morgan fingerprint density at radius 2 is 1.94 bits per heavy atom. The van der Waals surface area contributed by atoms with Gasteiger partial charge in [0.05, 0.1) is 16.6 Å². The Kier molecular flexibility index (Phi) is 6.54. The molecule has 3 N–H and O–H groups in total. The molecule has 1 aromatic carbocycles. The molecule has 0 saturated carbocycles. The maximum atomic E-state index is 13.4. The van der Waals surface area contributed by atoms with E-state index in [1.165, 1.54) is 18.3 Å². The molecule has 0 atom stereocenters. The van der Waals surface area contributed by atoms with Crippen molar-refractivity contribution >= 4 is 39.2 Å². The van der Waals surface area contributed by atoms with Crippen LogP contribution in [0.25, 0.3) is 11.0 Å². The number of anilines is 2. The van der Waals surface area contributed by atoms with Crippen molar-refractivity contribution in [1.82, 2.24) is 19.9 Å². The van der Waals surface area contributed by atoms with Gasteiger partial charge in [0.2, 0.25) is 0 Å². The lowest BCUT2D eigenvalue weighted by Crippen LogP contribution is -2.21. The molecule has 0 radical (unpaired) electrons. The average molecular weight is 485 g/mol. The van der Waals surface area contributed by atoms with Crippen LogP contribution in [0.2, 0.25) is 0 Å². The summed E-state index contributed by atoms with van der Waals surface area (Å²) in [6.45, 7) is 0.124. The molecule has 0 fully saturated rings. The highest BCUT2D eigenvalue weighted by atomic mass is 32.1. The fourth-order valence-corrected chi connectivity index (χ4v) is 3.85. The summed E-state index contributed by atoms with van der Waals surface area (Å²) in [6, 6.07) is 6.81. The topological polar surface area (TPSA) is 85.9 Å². The summed E-state index contributed by atoms with van der Waals surface area (Å²) in [6.07, 6.45) is 0.415. The zero-order chi connectivity index (χ0) is 24.3. The standard InChI is InChI=1S/C23H19F3N6OS/c1-32(2)13-16-4-5-17(10-19(16)23(24,25)26)30-21(33)31-22-29-12-18(34-22)6-3-14-9-15-7-8-27-20(15)28-11-14/h4-5,7-12H,13H2,1-2H3,(H,27,28)(H2,29,30,31,33). The summed E-state index contributed by atoms with van der Waals surface area (Å²) in [5, 5.41) is 6.15. The van der Waals surface area contributed by atoms with Gasteiger partial charge >= 0.3 is 12.2 Å². The zero-order valence-electron chi connectivity index (χ0n) is 18.1. The van der Waals surface area contributed by atoms with Gasteiger partial charge in [0.15, 0.2) is 5.13 Å². The number of urea groups is 1. The number of rotatable bonds is 4. The van der Waals surface area contributed by atoms with Crippen LogP contribution in [0.3, 0.4) is 0 Å². The van der Waals surface area contributed by atoms with Gasteiger partial charge in [0, 0.05) is 35.6 Å². The number of benzene rings is 1. The summed E-state index contributed by atoms with van der Waals surface area (Å²) in [5.74, 6) is 5.96. The number of amides is 2. The fraction of sp³-hybridized carbons (Fsp3) is 0.174. The second-order valence-corrected chi connectivity index (χ2v) is 8.64. The van der Waals surface area contributed by atoms with Gasteiger partial charge in [-0.2, -0.15) is 13.2 Å². The Labute approximate surface area is 197 Å². The number of aromatic nitrogens is 3. The molecule has 0 aliphatic heterocycles. The number of pyridine rings is 1. The monoisotopic (exact) mass is 484 g/mol. The van der Waals surface area contributed by atoms with Crippen molar-refractivity contribution in [1.29, 1.82) is 0 Å². The van der Waals surface area contributed by atoms with Crippen molar-refractivity contribution in [3.63, 3.8) is 0 Å². The first-order chi connectivity index (χ1) is 16.2. The van der Waals surface area contributed by atoms with Crippen LogP contribution < -0.4 is 10.6 Å². The van der Waals surface area contributed by atoms with Crippen molar-refractivity contribution in [2.75, 3.05) is 24.7 Å². The van der Waals surface area contributed by atoms with Crippen molar-refractivity contribution in [3.05, 3.63) is 70.5 Å². The van der Waals surface area contributed by atoms with E-state index in [9.17, 15) is 18.0 Å². The fourth-order valence-electron chi connectivity index (χ4n) is 3.19. The number of nitrogens with one attached hydrogen (secondary N) is 3. The first-order valence-corrected chi connectivity index (χ1v) is 10.8. The second kappa shape index (κ2) is 9.54. The van der Waals surface area contributed by atoms with Gasteiger partial charge < -0.3 is 15.2 Å². The maximum Gasteiger partial charge on any atom is 0.416 e. The van der Waals surface area contributed by atoms with E-state index in [1.54, 1.807) is 31.4 Å². The van der Waals surface area contributed by atoms with Crippen LogP contribution in [0, 0.1) is 11.8 Å². The van der Waals surface area contributed by atoms with Gasteiger partial charge in [-0.3, -0.25) is 5.32 Å². The Bertz CT molecular complexity index is 1400. The number of fused-ring (bicyclic) bond motifs is 1. The smallest absolute Gasteiger partial charge is 0.346 e. The molecular formula is C23H19F3N6OS. The predicted molar refractivity (Wildman–Crippen MR) is 126 cm³/mol. The highest BCUT2D eigenvalue weighted by Gasteiger charge is 2.33. The van der Waals surface area contributed by atoms with Gasteiger partial charge in [0.25, 0.3) is 0 Å². The largest absolute Gasteiger partial charge is 0.416 e. The predicted octanol–water partition coefficient (Wildman–Crippen LogP) is 5.14. The number of H-pyrrole nitrogens is 1. The van der Waals surface area contributed by atoms with E-state index in [0.717, 1.165) is 34.0 Å². The summed E-state index contributed by atoms with van der Waals surface area (Å²) < 4.78 is 40.3. The van der Waals surface area contributed by atoms with Crippen LogP contribution >= 0.6 is 11.3 Å². The zero-order valence-corrected chi connectivity index (χ0v) is 18.9. The Morgan fingerprint density at radius 1 is 1.12 bits per heavy atom. The summed E-state index contributed by atoms with van der Waals surface area (Å²) >= 11 is 1.14. The Morgan fingerprint density at radius 3 is 2.71 bits per heavy atom.